The number of carbonyl (C=O) groups excluding carboxylic acids is 2. The van der Waals surface area contributed by atoms with Crippen molar-refractivity contribution in [1.82, 2.24) is 5.32 Å². The van der Waals surface area contributed by atoms with Crippen LogP contribution in [0.15, 0.2) is 42.5 Å². The number of benzene rings is 2. The second-order valence-electron chi connectivity index (χ2n) is 8.12. The van der Waals surface area contributed by atoms with Gasteiger partial charge in [-0.1, -0.05) is 37.5 Å². The normalized spacial score (nSPS) is 16.4. The fourth-order valence-electron chi connectivity index (χ4n) is 4.38. The van der Waals surface area contributed by atoms with E-state index in [-0.39, 0.29) is 18.4 Å². The first kappa shape index (κ1) is 19.5. The summed E-state index contributed by atoms with van der Waals surface area (Å²) in [4.78, 5) is 27.1. The van der Waals surface area contributed by atoms with Crippen LogP contribution in [0, 0.1) is 6.92 Å². The van der Waals surface area contributed by atoms with E-state index >= 15 is 0 Å². The molecule has 0 bridgehead atoms. The van der Waals surface area contributed by atoms with Crippen LogP contribution in [-0.2, 0) is 11.2 Å². The zero-order valence-electron chi connectivity index (χ0n) is 17.0. The third-order valence-corrected chi connectivity index (χ3v) is 6.05. The van der Waals surface area contributed by atoms with Crippen molar-refractivity contribution in [3.05, 3.63) is 59.2 Å². The molecule has 2 aliphatic rings. The van der Waals surface area contributed by atoms with Gasteiger partial charge in [-0.15, -0.1) is 0 Å². The first-order chi connectivity index (χ1) is 14.1. The first-order valence-corrected chi connectivity index (χ1v) is 10.7. The van der Waals surface area contributed by atoms with E-state index in [9.17, 15) is 9.59 Å². The zero-order chi connectivity index (χ0) is 20.2. The lowest BCUT2D eigenvalue weighted by Gasteiger charge is -2.23. The van der Waals surface area contributed by atoms with Crippen molar-refractivity contribution in [3.63, 3.8) is 0 Å². The number of amides is 2. The maximum atomic E-state index is 12.7. The fourth-order valence-corrected chi connectivity index (χ4v) is 4.38. The van der Waals surface area contributed by atoms with Gasteiger partial charge in [0.1, 0.15) is 0 Å². The average Bonchev–Trinajstić information content (AvgIpc) is 3.17. The smallest absolute Gasteiger partial charge is 0.251 e. The van der Waals surface area contributed by atoms with Crippen molar-refractivity contribution in [1.29, 1.82) is 0 Å². The highest BCUT2D eigenvalue weighted by molar-refractivity contribution is 5.98. The van der Waals surface area contributed by atoms with Gasteiger partial charge in [-0.05, 0) is 61.6 Å². The molecule has 29 heavy (non-hydrogen) atoms. The quantitative estimate of drug-likeness (QED) is 0.808. The predicted octanol–water partition coefficient (Wildman–Crippen LogP) is 4.06. The highest BCUT2D eigenvalue weighted by atomic mass is 16.2. The molecule has 0 radical (unpaired) electrons. The summed E-state index contributed by atoms with van der Waals surface area (Å²) in [6, 6.07) is 14.0. The Labute approximate surface area is 172 Å². The molecular weight excluding hydrogens is 362 g/mol. The van der Waals surface area contributed by atoms with Crippen molar-refractivity contribution in [2.24, 2.45) is 0 Å². The van der Waals surface area contributed by atoms with Gasteiger partial charge in [-0.25, -0.2) is 0 Å². The number of nitrogens with one attached hydrogen (secondary N) is 2. The van der Waals surface area contributed by atoms with Gasteiger partial charge >= 0.3 is 0 Å². The molecule has 1 aliphatic carbocycles. The molecule has 1 fully saturated rings. The molecule has 0 aromatic heterocycles. The monoisotopic (exact) mass is 391 g/mol. The molecule has 152 valence electrons. The summed E-state index contributed by atoms with van der Waals surface area (Å²) in [5.41, 5.74) is 4.78. The topological polar surface area (TPSA) is 61.4 Å². The van der Waals surface area contributed by atoms with Gasteiger partial charge in [-0.3, -0.25) is 9.59 Å². The molecule has 0 saturated heterocycles. The van der Waals surface area contributed by atoms with E-state index < -0.39 is 0 Å². The lowest BCUT2D eigenvalue weighted by molar-refractivity contribution is -0.116. The Kier molecular flexibility index (Phi) is 5.84. The van der Waals surface area contributed by atoms with E-state index in [2.05, 4.69) is 16.7 Å². The van der Waals surface area contributed by atoms with Crippen molar-refractivity contribution in [3.8, 4) is 0 Å². The molecule has 1 aliphatic heterocycles. The summed E-state index contributed by atoms with van der Waals surface area (Å²) < 4.78 is 0. The molecule has 2 aromatic rings. The highest BCUT2D eigenvalue weighted by Crippen LogP contribution is 2.27. The molecule has 5 nitrogen and oxygen atoms in total. The SMILES string of the molecule is Cc1cc(C(=O)NC2CCCCC2)ccc1NCC(=O)N1CCc2ccccc21. The minimum Gasteiger partial charge on any atom is -0.376 e. The molecular formula is C24H29N3O2. The van der Waals surface area contributed by atoms with Crippen LogP contribution in [0.4, 0.5) is 11.4 Å². The molecule has 0 spiro atoms. The number of carbonyl (C=O) groups is 2. The number of fused-ring (bicyclic) bond motifs is 1. The summed E-state index contributed by atoms with van der Waals surface area (Å²) in [5.74, 6) is 0.0600. The van der Waals surface area contributed by atoms with Gasteiger partial charge in [0, 0.05) is 29.5 Å². The molecule has 5 heteroatoms. The first-order valence-electron chi connectivity index (χ1n) is 10.7. The van der Waals surface area contributed by atoms with Gasteiger partial charge < -0.3 is 15.5 Å². The maximum Gasteiger partial charge on any atom is 0.251 e. The van der Waals surface area contributed by atoms with E-state index in [1.54, 1.807) is 0 Å². The van der Waals surface area contributed by atoms with Crippen molar-refractivity contribution >= 4 is 23.2 Å². The summed E-state index contributed by atoms with van der Waals surface area (Å²) in [6.45, 7) is 2.94. The minimum atomic E-state index is -0.00343. The molecule has 4 rings (SSSR count). The van der Waals surface area contributed by atoms with Crippen molar-refractivity contribution in [2.75, 3.05) is 23.3 Å². The number of nitrogens with zero attached hydrogens (tertiary/aromatic N) is 1. The summed E-state index contributed by atoms with van der Waals surface area (Å²) >= 11 is 0. The van der Waals surface area contributed by atoms with E-state index in [0.717, 1.165) is 42.7 Å². The summed E-state index contributed by atoms with van der Waals surface area (Å²) in [5, 5.41) is 6.40. The number of hydrogen-bond donors (Lipinski definition) is 2. The van der Waals surface area contributed by atoms with Crippen LogP contribution in [0.1, 0.15) is 53.6 Å². The Bertz CT molecular complexity index is 903. The van der Waals surface area contributed by atoms with Crippen LogP contribution >= 0.6 is 0 Å². The van der Waals surface area contributed by atoms with Gasteiger partial charge in [0.05, 0.1) is 6.54 Å². The van der Waals surface area contributed by atoms with Crippen LogP contribution in [0.25, 0.3) is 0 Å². The molecule has 1 heterocycles. The lowest BCUT2D eigenvalue weighted by atomic mass is 9.95. The van der Waals surface area contributed by atoms with Crippen molar-refractivity contribution in [2.45, 2.75) is 51.5 Å². The van der Waals surface area contributed by atoms with Crippen LogP contribution in [0.2, 0.25) is 0 Å². The lowest BCUT2D eigenvalue weighted by Crippen LogP contribution is -2.36. The number of para-hydroxylation sites is 1. The van der Waals surface area contributed by atoms with E-state index in [1.807, 2.05) is 48.2 Å². The Morgan fingerprint density at radius 3 is 2.66 bits per heavy atom. The van der Waals surface area contributed by atoms with Crippen LogP contribution in [0.3, 0.4) is 0 Å². The molecule has 2 N–H and O–H groups in total. The van der Waals surface area contributed by atoms with Crippen LogP contribution in [0.5, 0.6) is 0 Å². The van der Waals surface area contributed by atoms with Gasteiger partial charge in [0.2, 0.25) is 5.91 Å². The van der Waals surface area contributed by atoms with E-state index in [1.165, 1.54) is 24.8 Å². The Hall–Kier alpha value is -2.82. The third kappa shape index (κ3) is 4.44. The third-order valence-electron chi connectivity index (χ3n) is 6.05. The molecule has 0 atom stereocenters. The fraction of sp³-hybridized carbons (Fsp3) is 0.417. The summed E-state index contributed by atoms with van der Waals surface area (Å²) in [7, 11) is 0. The molecule has 1 saturated carbocycles. The number of rotatable bonds is 5. The molecule has 0 unspecified atom stereocenters. The van der Waals surface area contributed by atoms with E-state index in [0.29, 0.717) is 11.6 Å². The second kappa shape index (κ2) is 8.68. The minimum absolute atomic E-state index is 0.00343. The maximum absolute atomic E-state index is 12.7. The number of hydrogen-bond acceptors (Lipinski definition) is 3. The van der Waals surface area contributed by atoms with Crippen LogP contribution < -0.4 is 15.5 Å². The summed E-state index contributed by atoms with van der Waals surface area (Å²) in [6.07, 6.45) is 6.72. The van der Waals surface area contributed by atoms with E-state index in [4.69, 9.17) is 0 Å². The van der Waals surface area contributed by atoms with Gasteiger partial charge in [0.25, 0.3) is 5.91 Å². The molecule has 2 aromatic carbocycles. The Morgan fingerprint density at radius 1 is 1.07 bits per heavy atom. The standard InChI is InChI=1S/C24H29N3O2/c1-17-15-19(24(29)26-20-8-3-2-4-9-20)11-12-21(17)25-16-23(28)27-14-13-18-7-5-6-10-22(18)27/h5-7,10-12,15,20,25H,2-4,8-9,13-14,16H2,1H3,(H,26,29). The van der Waals surface area contributed by atoms with Crippen molar-refractivity contribution < 1.29 is 9.59 Å². The van der Waals surface area contributed by atoms with Gasteiger partial charge in [-0.2, -0.15) is 0 Å². The average molecular weight is 392 g/mol. The van der Waals surface area contributed by atoms with Crippen LogP contribution in [-0.4, -0.2) is 30.9 Å². The largest absolute Gasteiger partial charge is 0.376 e. The number of aryl methyl sites for hydroxylation is 1. The highest BCUT2D eigenvalue weighted by Gasteiger charge is 2.24. The molecule has 2 amide bonds. The second-order valence-corrected chi connectivity index (χ2v) is 8.12. The predicted molar refractivity (Wildman–Crippen MR) is 117 cm³/mol. The van der Waals surface area contributed by atoms with Gasteiger partial charge in [0.15, 0.2) is 0 Å². The Balaban J connectivity index is 1.35. The zero-order valence-corrected chi connectivity index (χ0v) is 17.0. The Morgan fingerprint density at radius 2 is 1.86 bits per heavy atom. The number of anilines is 2.